The summed E-state index contributed by atoms with van der Waals surface area (Å²) in [6.07, 6.45) is 0.429. The lowest BCUT2D eigenvalue weighted by Gasteiger charge is -2.39. The largest absolute Gasteiger partial charge is 0.490 e. The second-order valence-corrected chi connectivity index (χ2v) is 8.08. The second-order valence-electron chi connectivity index (χ2n) is 6.72. The van der Waals surface area contributed by atoms with Crippen molar-refractivity contribution in [1.29, 1.82) is 0 Å². The van der Waals surface area contributed by atoms with Crippen molar-refractivity contribution in [2.24, 2.45) is 5.10 Å². The highest BCUT2D eigenvalue weighted by molar-refractivity contribution is 7.12. The maximum absolute atomic E-state index is 6.53. The van der Waals surface area contributed by atoms with Crippen LogP contribution in [0, 0.1) is 0 Å². The van der Waals surface area contributed by atoms with Gasteiger partial charge in [-0.25, -0.2) is 5.01 Å². The molecule has 2 aliphatic rings. The van der Waals surface area contributed by atoms with Crippen molar-refractivity contribution in [3.05, 3.63) is 81.0 Å². The van der Waals surface area contributed by atoms with Gasteiger partial charge in [-0.2, -0.15) is 5.10 Å². The summed E-state index contributed by atoms with van der Waals surface area (Å²) in [5, 5.41) is 9.76. The summed E-state index contributed by atoms with van der Waals surface area (Å²) in [5.74, 6) is 1.56. The van der Waals surface area contributed by atoms with Gasteiger partial charge < -0.3 is 9.47 Å². The molecule has 2 aromatic carbocycles. The van der Waals surface area contributed by atoms with E-state index in [0.29, 0.717) is 11.6 Å². The Morgan fingerprint density at radius 3 is 2.79 bits per heavy atom. The van der Waals surface area contributed by atoms with E-state index in [1.54, 1.807) is 11.3 Å². The van der Waals surface area contributed by atoms with Crippen molar-refractivity contribution in [3.8, 4) is 11.5 Å². The summed E-state index contributed by atoms with van der Waals surface area (Å²) in [4.78, 5) is 1.19. The summed E-state index contributed by atoms with van der Waals surface area (Å²) in [6, 6.07) is 18.1. The molecule has 0 unspecified atom stereocenters. The molecule has 0 aliphatic carbocycles. The molecule has 2 aliphatic heterocycles. The van der Waals surface area contributed by atoms with E-state index in [-0.39, 0.29) is 6.04 Å². The van der Waals surface area contributed by atoms with Crippen molar-refractivity contribution < 1.29 is 9.47 Å². The summed E-state index contributed by atoms with van der Waals surface area (Å²) in [7, 11) is 0. The minimum Gasteiger partial charge on any atom is -0.490 e. The number of thiophene rings is 1. The number of benzene rings is 2. The predicted molar refractivity (Wildman–Crippen MR) is 112 cm³/mol. The number of halogens is 1. The molecule has 0 saturated heterocycles. The van der Waals surface area contributed by atoms with E-state index in [4.69, 9.17) is 26.2 Å². The van der Waals surface area contributed by atoms with E-state index < -0.39 is 6.23 Å². The predicted octanol–water partition coefficient (Wildman–Crippen LogP) is 6.04. The van der Waals surface area contributed by atoms with Gasteiger partial charge in [0.25, 0.3) is 0 Å². The van der Waals surface area contributed by atoms with Gasteiger partial charge in [-0.3, -0.25) is 0 Å². The fourth-order valence-corrected chi connectivity index (χ4v) is 4.78. The Kier molecular flexibility index (Phi) is 4.49. The molecule has 3 heterocycles. The Bertz CT molecular complexity index is 1030. The molecule has 6 heteroatoms. The zero-order valence-corrected chi connectivity index (χ0v) is 16.9. The van der Waals surface area contributed by atoms with Crippen molar-refractivity contribution in [2.45, 2.75) is 25.6 Å². The first-order chi connectivity index (χ1) is 13.8. The second kappa shape index (κ2) is 7.15. The number of fused-ring (bicyclic) bond motifs is 3. The number of hydrogen-bond acceptors (Lipinski definition) is 5. The molecule has 3 aromatic rings. The Hall–Kier alpha value is -2.50. The monoisotopic (exact) mass is 410 g/mol. The SMILES string of the molecule is CCOc1cccc2c1O[C@H](c1ccccc1Cl)N1N=C(c3cccs3)C[C@@H]21. The Labute approximate surface area is 173 Å². The van der Waals surface area contributed by atoms with Crippen LogP contribution in [0.1, 0.15) is 41.6 Å². The van der Waals surface area contributed by atoms with Crippen molar-refractivity contribution in [1.82, 2.24) is 5.01 Å². The fraction of sp³-hybridized carbons (Fsp3) is 0.227. The van der Waals surface area contributed by atoms with E-state index in [1.807, 2.05) is 48.3 Å². The van der Waals surface area contributed by atoms with Crippen LogP contribution in [-0.2, 0) is 0 Å². The zero-order valence-electron chi connectivity index (χ0n) is 15.3. The van der Waals surface area contributed by atoms with E-state index in [9.17, 15) is 0 Å². The van der Waals surface area contributed by atoms with Crippen LogP contribution in [0.5, 0.6) is 11.5 Å². The van der Waals surface area contributed by atoms with Crippen LogP contribution in [-0.4, -0.2) is 17.3 Å². The minimum absolute atomic E-state index is 0.0857. The highest BCUT2D eigenvalue weighted by Gasteiger charge is 2.42. The van der Waals surface area contributed by atoms with Gasteiger partial charge >= 0.3 is 0 Å². The first-order valence-electron chi connectivity index (χ1n) is 9.32. The summed E-state index contributed by atoms with van der Waals surface area (Å²) >= 11 is 8.24. The maximum Gasteiger partial charge on any atom is 0.215 e. The quantitative estimate of drug-likeness (QED) is 0.525. The average Bonchev–Trinajstić information content (AvgIpc) is 3.38. The Morgan fingerprint density at radius 2 is 2.00 bits per heavy atom. The normalized spacial score (nSPS) is 20.2. The van der Waals surface area contributed by atoms with Crippen LogP contribution in [0.25, 0.3) is 0 Å². The topological polar surface area (TPSA) is 34.1 Å². The van der Waals surface area contributed by atoms with Gasteiger partial charge in [-0.1, -0.05) is 48.0 Å². The highest BCUT2D eigenvalue weighted by Crippen LogP contribution is 2.51. The molecule has 142 valence electrons. The zero-order chi connectivity index (χ0) is 19.1. The summed E-state index contributed by atoms with van der Waals surface area (Å²) in [5.41, 5.74) is 3.09. The van der Waals surface area contributed by atoms with E-state index >= 15 is 0 Å². The van der Waals surface area contributed by atoms with Crippen LogP contribution in [0.15, 0.2) is 65.1 Å². The van der Waals surface area contributed by atoms with Gasteiger partial charge in [0, 0.05) is 22.6 Å². The van der Waals surface area contributed by atoms with Crippen molar-refractivity contribution in [3.63, 3.8) is 0 Å². The molecule has 1 aromatic heterocycles. The smallest absolute Gasteiger partial charge is 0.215 e. The summed E-state index contributed by atoms with van der Waals surface area (Å²) in [6.45, 7) is 2.57. The lowest BCUT2D eigenvalue weighted by atomic mass is 9.97. The molecular formula is C22H19ClN2O2S. The van der Waals surface area contributed by atoms with E-state index in [2.05, 4.69) is 23.6 Å². The molecule has 4 nitrogen and oxygen atoms in total. The molecule has 0 spiro atoms. The first kappa shape index (κ1) is 17.6. The number of nitrogens with zero attached hydrogens (tertiary/aromatic N) is 2. The Morgan fingerprint density at radius 1 is 1.14 bits per heavy atom. The van der Waals surface area contributed by atoms with Crippen LogP contribution in [0.2, 0.25) is 5.02 Å². The average molecular weight is 411 g/mol. The van der Waals surface area contributed by atoms with E-state index in [0.717, 1.165) is 34.8 Å². The molecule has 0 N–H and O–H groups in total. The lowest BCUT2D eigenvalue weighted by molar-refractivity contribution is -0.0211. The van der Waals surface area contributed by atoms with Gasteiger partial charge in [0.15, 0.2) is 11.5 Å². The third-order valence-electron chi connectivity index (χ3n) is 5.06. The number of para-hydroxylation sites is 1. The Balaban J connectivity index is 1.64. The molecule has 0 radical (unpaired) electrons. The summed E-state index contributed by atoms with van der Waals surface area (Å²) < 4.78 is 12.3. The third-order valence-corrected chi connectivity index (χ3v) is 6.32. The third kappa shape index (κ3) is 2.86. The van der Waals surface area contributed by atoms with Crippen LogP contribution < -0.4 is 9.47 Å². The van der Waals surface area contributed by atoms with Gasteiger partial charge in [0.05, 0.1) is 23.2 Å². The van der Waals surface area contributed by atoms with Crippen LogP contribution in [0.3, 0.4) is 0 Å². The standard InChI is InChI=1S/C22H19ClN2O2S/c1-2-26-19-10-5-8-15-18-13-17(20-11-6-12-28-20)24-25(18)22(27-21(15)19)14-7-3-4-9-16(14)23/h3-12,18,22H,2,13H2,1H3/t18-,22+/m0/s1. The lowest BCUT2D eigenvalue weighted by Crippen LogP contribution is -2.34. The van der Waals surface area contributed by atoms with Crippen molar-refractivity contribution >= 4 is 28.6 Å². The molecule has 0 amide bonds. The first-order valence-corrected chi connectivity index (χ1v) is 10.6. The molecular weight excluding hydrogens is 392 g/mol. The molecule has 28 heavy (non-hydrogen) atoms. The maximum atomic E-state index is 6.53. The molecule has 0 saturated carbocycles. The number of ether oxygens (including phenoxy) is 2. The highest BCUT2D eigenvalue weighted by atomic mass is 35.5. The van der Waals surface area contributed by atoms with E-state index in [1.165, 1.54) is 4.88 Å². The minimum atomic E-state index is -0.398. The van der Waals surface area contributed by atoms with Gasteiger partial charge in [-0.05, 0) is 30.5 Å². The van der Waals surface area contributed by atoms with Crippen molar-refractivity contribution in [2.75, 3.05) is 6.61 Å². The molecule has 5 rings (SSSR count). The fourth-order valence-electron chi connectivity index (χ4n) is 3.83. The van der Waals surface area contributed by atoms with Crippen LogP contribution in [0.4, 0.5) is 0 Å². The van der Waals surface area contributed by atoms with Gasteiger partial charge in [0.1, 0.15) is 0 Å². The van der Waals surface area contributed by atoms with Gasteiger partial charge in [0.2, 0.25) is 6.23 Å². The molecule has 2 atom stereocenters. The van der Waals surface area contributed by atoms with Gasteiger partial charge in [-0.15, -0.1) is 11.3 Å². The molecule has 0 fully saturated rings. The number of hydrazone groups is 1. The van der Waals surface area contributed by atoms with Crippen LogP contribution >= 0.6 is 22.9 Å². The number of hydrogen-bond donors (Lipinski definition) is 0. The number of rotatable bonds is 4. The molecule has 0 bridgehead atoms.